The number of nitrogens with zero attached hydrogens (tertiary/aromatic N) is 2. The van der Waals surface area contributed by atoms with Crippen molar-refractivity contribution in [3.63, 3.8) is 0 Å². The molecule has 0 bridgehead atoms. The normalized spacial score (nSPS) is 13.6. The third-order valence-electron chi connectivity index (χ3n) is 1.79. The molecule has 1 aliphatic heterocycles. The van der Waals surface area contributed by atoms with Gasteiger partial charge in [0.2, 0.25) is 6.79 Å². The lowest BCUT2D eigenvalue weighted by atomic mass is 10.3. The highest BCUT2D eigenvalue weighted by Crippen LogP contribution is 2.34. The fourth-order valence-electron chi connectivity index (χ4n) is 1.15. The quantitative estimate of drug-likeness (QED) is 0.527. The molecule has 4 heteroatoms. The van der Waals surface area contributed by atoms with Gasteiger partial charge in [0.15, 0.2) is 11.5 Å². The van der Waals surface area contributed by atoms with Crippen LogP contribution in [0.2, 0.25) is 0 Å². The number of benzene rings is 1. The highest BCUT2D eigenvalue weighted by atomic mass is 16.7. The molecule has 0 unspecified atom stereocenters. The first-order valence-electron chi connectivity index (χ1n) is 4.36. The Morgan fingerprint density at radius 1 is 1.29 bits per heavy atom. The van der Waals surface area contributed by atoms with Gasteiger partial charge in [-0.2, -0.15) is 0 Å². The Bertz CT molecular complexity index is 361. The molecular weight excluding hydrogens is 180 g/mol. The highest BCUT2D eigenvalue weighted by molar-refractivity contribution is 5.63. The van der Waals surface area contributed by atoms with Crippen molar-refractivity contribution in [2.45, 2.75) is 0 Å². The van der Waals surface area contributed by atoms with Crippen LogP contribution in [0.4, 0.5) is 5.69 Å². The Balaban J connectivity index is 2.20. The third-order valence-corrected chi connectivity index (χ3v) is 1.79. The summed E-state index contributed by atoms with van der Waals surface area (Å²) in [5.74, 6) is 1.55. The zero-order valence-electron chi connectivity index (χ0n) is 8.23. The van der Waals surface area contributed by atoms with Crippen molar-refractivity contribution >= 4 is 12.0 Å². The van der Waals surface area contributed by atoms with E-state index in [1.54, 1.807) is 6.34 Å². The summed E-state index contributed by atoms with van der Waals surface area (Å²) in [7, 11) is 3.85. The van der Waals surface area contributed by atoms with E-state index in [4.69, 9.17) is 9.47 Å². The van der Waals surface area contributed by atoms with Crippen LogP contribution in [0.15, 0.2) is 23.2 Å². The number of aliphatic imine (C=N–C) groups is 1. The summed E-state index contributed by atoms with van der Waals surface area (Å²) in [6, 6.07) is 5.63. The molecule has 0 atom stereocenters. The Morgan fingerprint density at radius 3 is 2.86 bits per heavy atom. The molecule has 0 saturated carbocycles. The van der Waals surface area contributed by atoms with Crippen molar-refractivity contribution in [3.05, 3.63) is 18.2 Å². The number of hydrogen-bond acceptors (Lipinski definition) is 3. The van der Waals surface area contributed by atoms with Gasteiger partial charge in [-0.05, 0) is 12.1 Å². The van der Waals surface area contributed by atoms with Crippen molar-refractivity contribution < 1.29 is 9.47 Å². The Hall–Kier alpha value is -1.71. The Kier molecular flexibility index (Phi) is 2.26. The maximum Gasteiger partial charge on any atom is 0.231 e. The average molecular weight is 192 g/mol. The topological polar surface area (TPSA) is 34.1 Å². The van der Waals surface area contributed by atoms with Gasteiger partial charge >= 0.3 is 0 Å². The molecule has 0 aromatic heterocycles. The van der Waals surface area contributed by atoms with E-state index in [1.165, 1.54) is 0 Å². The fourth-order valence-corrected chi connectivity index (χ4v) is 1.15. The molecule has 1 aromatic carbocycles. The van der Waals surface area contributed by atoms with E-state index in [1.807, 2.05) is 37.2 Å². The van der Waals surface area contributed by atoms with Gasteiger partial charge < -0.3 is 14.4 Å². The van der Waals surface area contributed by atoms with Crippen LogP contribution in [-0.4, -0.2) is 32.1 Å². The molecule has 14 heavy (non-hydrogen) atoms. The van der Waals surface area contributed by atoms with E-state index in [0.717, 1.165) is 17.2 Å². The van der Waals surface area contributed by atoms with Gasteiger partial charge in [-0.15, -0.1) is 0 Å². The van der Waals surface area contributed by atoms with Crippen LogP contribution in [0.5, 0.6) is 11.5 Å². The number of fused-ring (bicyclic) bond motifs is 1. The molecule has 2 rings (SSSR count). The maximum atomic E-state index is 5.24. The lowest BCUT2D eigenvalue weighted by molar-refractivity contribution is 0.174. The molecule has 0 fully saturated rings. The summed E-state index contributed by atoms with van der Waals surface area (Å²) in [4.78, 5) is 6.13. The first kappa shape index (κ1) is 8.87. The first-order valence-corrected chi connectivity index (χ1v) is 4.36. The van der Waals surface area contributed by atoms with Crippen LogP contribution in [0, 0.1) is 0 Å². The van der Waals surface area contributed by atoms with Gasteiger partial charge in [0, 0.05) is 20.2 Å². The van der Waals surface area contributed by atoms with Gasteiger partial charge in [0.05, 0.1) is 12.0 Å². The van der Waals surface area contributed by atoms with E-state index in [0.29, 0.717) is 6.79 Å². The fraction of sp³-hybridized carbons (Fsp3) is 0.300. The molecule has 74 valence electrons. The Labute approximate surface area is 82.8 Å². The van der Waals surface area contributed by atoms with E-state index < -0.39 is 0 Å². The molecule has 1 aromatic rings. The molecule has 1 heterocycles. The molecule has 0 saturated heterocycles. The zero-order valence-corrected chi connectivity index (χ0v) is 8.23. The molecule has 0 radical (unpaired) electrons. The van der Waals surface area contributed by atoms with Gasteiger partial charge in [-0.1, -0.05) is 0 Å². The summed E-state index contributed by atoms with van der Waals surface area (Å²) in [5, 5.41) is 0. The van der Waals surface area contributed by atoms with Crippen molar-refractivity contribution in [1.29, 1.82) is 0 Å². The monoisotopic (exact) mass is 192 g/mol. The molecule has 0 N–H and O–H groups in total. The van der Waals surface area contributed by atoms with Gasteiger partial charge in [0.25, 0.3) is 0 Å². The highest BCUT2D eigenvalue weighted by Gasteiger charge is 2.12. The van der Waals surface area contributed by atoms with Crippen LogP contribution < -0.4 is 9.47 Å². The summed E-state index contributed by atoms with van der Waals surface area (Å²) in [6.45, 7) is 0.302. The van der Waals surface area contributed by atoms with Crippen molar-refractivity contribution in [3.8, 4) is 11.5 Å². The number of hydrogen-bond donors (Lipinski definition) is 0. The SMILES string of the molecule is CN(C)C=Nc1ccc2c(c1)OCO2. The molecule has 0 spiro atoms. The second-order valence-electron chi connectivity index (χ2n) is 3.25. The van der Waals surface area contributed by atoms with Crippen molar-refractivity contribution in [1.82, 2.24) is 4.90 Å². The van der Waals surface area contributed by atoms with Crippen LogP contribution in [0.25, 0.3) is 0 Å². The lowest BCUT2D eigenvalue weighted by Crippen LogP contribution is -2.06. The molecule has 4 nitrogen and oxygen atoms in total. The van der Waals surface area contributed by atoms with Crippen LogP contribution >= 0.6 is 0 Å². The predicted molar refractivity (Wildman–Crippen MR) is 54.4 cm³/mol. The van der Waals surface area contributed by atoms with E-state index >= 15 is 0 Å². The van der Waals surface area contributed by atoms with Crippen LogP contribution in [-0.2, 0) is 0 Å². The average Bonchev–Trinajstić information content (AvgIpc) is 2.61. The van der Waals surface area contributed by atoms with E-state index in [2.05, 4.69) is 4.99 Å². The Morgan fingerprint density at radius 2 is 2.07 bits per heavy atom. The van der Waals surface area contributed by atoms with Crippen LogP contribution in [0.1, 0.15) is 0 Å². The summed E-state index contributed by atoms with van der Waals surface area (Å²) < 4.78 is 10.4. The number of rotatable bonds is 2. The predicted octanol–water partition coefficient (Wildman–Crippen LogP) is 1.64. The molecular formula is C10H12N2O2. The summed E-state index contributed by atoms with van der Waals surface area (Å²) >= 11 is 0. The smallest absolute Gasteiger partial charge is 0.231 e. The largest absolute Gasteiger partial charge is 0.454 e. The van der Waals surface area contributed by atoms with Crippen molar-refractivity contribution in [2.24, 2.45) is 4.99 Å². The zero-order chi connectivity index (χ0) is 9.97. The van der Waals surface area contributed by atoms with Crippen LogP contribution in [0.3, 0.4) is 0 Å². The van der Waals surface area contributed by atoms with E-state index in [-0.39, 0.29) is 0 Å². The van der Waals surface area contributed by atoms with Gasteiger partial charge in [-0.3, -0.25) is 0 Å². The number of ether oxygens (including phenoxy) is 2. The maximum absolute atomic E-state index is 5.24. The van der Waals surface area contributed by atoms with Gasteiger partial charge in [0.1, 0.15) is 0 Å². The lowest BCUT2D eigenvalue weighted by Gasteiger charge is -2.02. The molecule has 0 amide bonds. The minimum Gasteiger partial charge on any atom is -0.454 e. The minimum absolute atomic E-state index is 0.302. The molecule has 1 aliphatic rings. The van der Waals surface area contributed by atoms with Gasteiger partial charge in [-0.25, -0.2) is 4.99 Å². The second-order valence-corrected chi connectivity index (χ2v) is 3.25. The van der Waals surface area contributed by atoms with E-state index in [9.17, 15) is 0 Å². The molecule has 0 aliphatic carbocycles. The third kappa shape index (κ3) is 1.79. The minimum atomic E-state index is 0.302. The second kappa shape index (κ2) is 3.57. The van der Waals surface area contributed by atoms with Crippen molar-refractivity contribution in [2.75, 3.05) is 20.9 Å². The first-order chi connectivity index (χ1) is 6.75. The summed E-state index contributed by atoms with van der Waals surface area (Å²) in [6.07, 6.45) is 1.75. The summed E-state index contributed by atoms with van der Waals surface area (Å²) in [5.41, 5.74) is 0.864. The standard InChI is InChI=1S/C10H12N2O2/c1-12(2)6-11-8-3-4-9-10(5-8)14-7-13-9/h3-6H,7H2,1-2H3.